The molecule has 29 heavy (non-hydrogen) atoms. The molecule has 8 heteroatoms. The molecular formula is C21H24FN3O3S. The molecule has 0 saturated heterocycles. The van der Waals surface area contributed by atoms with Crippen molar-refractivity contribution in [2.45, 2.75) is 40.3 Å². The quantitative estimate of drug-likeness (QED) is 0.592. The third-order valence-electron chi connectivity index (χ3n) is 4.39. The number of rotatable bonds is 7. The van der Waals surface area contributed by atoms with Crippen LogP contribution in [0.25, 0.3) is 10.2 Å². The lowest BCUT2D eigenvalue weighted by molar-refractivity contribution is -0.129. The highest BCUT2D eigenvalue weighted by molar-refractivity contribution is 7.20. The summed E-state index contributed by atoms with van der Waals surface area (Å²) in [4.78, 5) is 25.8. The first-order chi connectivity index (χ1) is 13.7. The Hall–Kier alpha value is -2.74. The Bertz CT molecular complexity index is 1020. The molecule has 0 spiro atoms. The molecule has 3 aromatic rings. The summed E-state index contributed by atoms with van der Waals surface area (Å²) < 4.78 is 20.2. The fraction of sp³-hybridized carbons (Fsp3) is 0.381. The molecule has 2 aromatic heterocycles. The highest BCUT2D eigenvalue weighted by Crippen LogP contribution is 2.29. The predicted octanol–water partition coefficient (Wildman–Crippen LogP) is 3.91. The van der Waals surface area contributed by atoms with E-state index in [-0.39, 0.29) is 11.7 Å². The number of ether oxygens (including phenoxy) is 1. The van der Waals surface area contributed by atoms with Crippen LogP contribution in [0, 0.1) is 18.7 Å². The first kappa shape index (κ1) is 21.0. The third kappa shape index (κ3) is 5.00. The van der Waals surface area contributed by atoms with Crippen LogP contribution in [0.1, 0.15) is 41.7 Å². The normalized spacial score (nSPS) is 12.3. The van der Waals surface area contributed by atoms with Crippen LogP contribution >= 0.6 is 11.3 Å². The molecule has 0 aliphatic carbocycles. The largest absolute Gasteiger partial charge is 0.448 e. The second kappa shape index (κ2) is 8.73. The summed E-state index contributed by atoms with van der Waals surface area (Å²) >= 11 is 1.27. The smallest absolute Gasteiger partial charge is 0.349 e. The molecule has 0 bridgehead atoms. The zero-order valence-electron chi connectivity index (χ0n) is 16.9. The number of carbonyl (C=O) groups excluding carboxylic acids is 2. The Morgan fingerprint density at radius 2 is 1.93 bits per heavy atom. The van der Waals surface area contributed by atoms with Gasteiger partial charge in [-0.25, -0.2) is 9.18 Å². The molecule has 1 aromatic carbocycles. The number of nitrogens with one attached hydrogen (secondary N) is 1. The standard InChI is InChI=1S/C21H24FN3O3S/c1-12(2)10-23-19(26)14(4)28-21(27)18-9-17-13(3)24-25(20(17)29-18)11-15-5-7-16(22)8-6-15/h5-9,12,14H,10-11H2,1-4H3,(H,23,26)/t14-/m0/s1. The van der Waals surface area contributed by atoms with Gasteiger partial charge in [0.1, 0.15) is 15.5 Å². The average molecular weight is 418 g/mol. The van der Waals surface area contributed by atoms with Crippen molar-refractivity contribution < 1.29 is 18.7 Å². The Balaban J connectivity index is 1.74. The Kier molecular flexibility index (Phi) is 6.32. The lowest BCUT2D eigenvalue weighted by Gasteiger charge is -2.14. The van der Waals surface area contributed by atoms with Crippen molar-refractivity contribution in [3.63, 3.8) is 0 Å². The summed E-state index contributed by atoms with van der Waals surface area (Å²) in [5.41, 5.74) is 1.70. The van der Waals surface area contributed by atoms with Gasteiger partial charge in [-0.2, -0.15) is 5.10 Å². The summed E-state index contributed by atoms with van der Waals surface area (Å²) in [6, 6.07) is 7.97. The molecule has 3 rings (SSSR count). The van der Waals surface area contributed by atoms with E-state index < -0.39 is 12.1 Å². The molecule has 2 heterocycles. The molecule has 0 aliphatic heterocycles. The van der Waals surface area contributed by atoms with Crippen LogP contribution in [0.3, 0.4) is 0 Å². The van der Waals surface area contributed by atoms with Crippen LogP contribution in [-0.4, -0.2) is 34.3 Å². The maximum absolute atomic E-state index is 13.1. The highest BCUT2D eigenvalue weighted by Gasteiger charge is 2.22. The Morgan fingerprint density at radius 3 is 2.59 bits per heavy atom. The molecule has 0 aliphatic rings. The number of esters is 1. The van der Waals surface area contributed by atoms with Crippen molar-refractivity contribution >= 4 is 33.4 Å². The molecule has 0 unspecified atom stereocenters. The lowest BCUT2D eigenvalue weighted by Crippen LogP contribution is -2.37. The molecule has 6 nitrogen and oxygen atoms in total. The summed E-state index contributed by atoms with van der Waals surface area (Å²) in [5.74, 6) is -0.822. The number of hydrogen-bond acceptors (Lipinski definition) is 5. The number of aryl methyl sites for hydroxylation is 1. The van der Waals surface area contributed by atoms with E-state index in [0.717, 1.165) is 21.5 Å². The van der Waals surface area contributed by atoms with E-state index in [9.17, 15) is 14.0 Å². The van der Waals surface area contributed by atoms with Crippen molar-refractivity contribution in [3.8, 4) is 0 Å². The molecule has 0 fully saturated rings. The van der Waals surface area contributed by atoms with E-state index >= 15 is 0 Å². The zero-order chi connectivity index (χ0) is 21.1. The fourth-order valence-corrected chi connectivity index (χ4v) is 3.85. The molecule has 1 amide bonds. The van der Waals surface area contributed by atoms with Gasteiger partial charge in [0, 0.05) is 11.9 Å². The highest BCUT2D eigenvalue weighted by atomic mass is 32.1. The van der Waals surface area contributed by atoms with Gasteiger partial charge < -0.3 is 10.1 Å². The van der Waals surface area contributed by atoms with Gasteiger partial charge in [-0.05, 0) is 43.5 Å². The second-order valence-electron chi connectivity index (χ2n) is 7.39. The third-order valence-corrected chi connectivity index (χ3v) is 5.52. The molecule has 0 radical (unpaired) electrons. The van der Waals surface area contributed by atoms with Gasteiger partial charge in [0.05, 0.1) is 12.2 Å². The van der Waals surface area contributed by atoms with Gasteiger partial charge >= 0.3 is 5.97 Å². The zero-order valence-corrected chi connectivity index (χ0v) is 17.7. The predicted molar refractivity (Wildman–Crippen MR) is 111 cm³/mol. The minimum atomic E-state index is -0.872. The minimum absolute atomic E-state index is 0.289. The van der Waals surface area contributed by atoms with Crippen LogP contribution in [0.15, 0.2) is 30.3 Å². The SMILES string of the molecule is Cc1nn(Cc2ccc(F)cc2)c2sc(C(=O)O[C@@H](C)C(=O)NCC(C)C)cc12. The van der Waals surface area contributed by atoms with Gasteiger partial charge in [-0.1, -0.05) is 26.0 Å². The lowest BCUT2D eigenvalue weighted by atomic mass is 10.2. The Morgan fingerprint density at radius 1 is 1.24 bits per heavy atom. The van der Waals surface area contributed by atoms with E-state index in [0.29, 0.717) is 23.9 Å². The van der Waals surface area contributed by atoms with Crippen molar-refractivity contribution in [2.75, 3.05) is 6.54 Å². The van der Waals surface area contributed by atoms with Crippen molar-refractivity contribution in [1.82, 2.24) is 15.1 Å². The monoisotopic (exact) mass is 417 g/mol. The van der Waals surface area contributed by atoms with E-state index in [2.05, 4.69) is 10.4 Å². The van der Waals surface area contributed by atoms with Crippen LogP contribution in [0.5, 0.6) is 0 Å². The summed E-state index contributed by atoms with van der Waals surface area (Å²) in [6.45, 7) is 8.41. The summed E-state index contributed by atoms with van der Waals surface area (Å²) in [7, 11) is 0. The van der Waals surface area contributed by atoms with Crippen LogP contribution in [0.4, 0.5) is 4.39 Å². The van der Waals surface area contributed by atoms with Gasteiger partial charge in [-0.3, -0.25) is 9.48 Å². The van der Waals surface area contributed by atoms with Crippen LogP contribution in [0.2, 0.25) is 0 Å². The summed E-state index contributed by atoms with van der Waals surface area (Å²) in [6.07, 6.45) is -0.872. The number of aromatic nitrogens is 2. The van der Waals surface area contributed by atoms with Gasteiger partial charge in [0.25, 0.3) is 5.91 Å². The van der Waals surface area contributed by atoms with Crippen LogP contribution in [-0.2, 0) is 16.1 Å². The van der Waals surface area contributed by atoms with Gasteiger partial charge in [-0.15, -0.1) is 11.3 Å². The second-order valence-corrected chi connectivity index (χ2v) is 8.42. The maximum Gasteiger partial charge on any atom is 0.349 e. The van der Waals surface area contributed by atoms with Crippen LogP contribution < -0.4 is 5.32 Å². The van der Waals surface area contributed by atoms with E-state index in [4.69, 9.17) is 4.74 Å². The maximum atomic E-state index is 13.1. The fourth-order valence-electron chi connectivity index (χ4n) is 2.80. The molecule has 1 atom stereocenters. The van der Waals surface area contributed by atoms with Crippen molar-refractivity contribution in [2.24, 2.45) is 5.92 Å². The number of nitrogens with zero attached hydrogens (tertiary/aromatic N) is 2. The first-order valence-corrected chi connectivity index (χ1v) is 10.3. The topological polar surface area (TPSA) is 73.2 Å². The van der Waals surface area contributed by atoms with E-state index in [1.165, 1.54) is 23.5 Å². The number of benzene rings is 1. The number of thiophene rings is 1. The van der Waals surface area contributed by atoms with E-state index in [1.807, 2.05) is 20.8 Å². The number of carbonyl (C=O) groups is 2. The number of fused-ring (bicyclic) bond motifs is 1. The molecule has 0 saturated carbocycles. The van der Waals surface area contributed by atoms with Gasteiger partial charge in [0.15, 0.2) is 6.10 Å². The number of hydrogen-bond donors (Lipinski definition) is 1. The van der Waals surface area contributed by atoms with Gasteiger partial charge in [0.2, 0.25) is 0 Å². The van der Waals surface area contributed by atoms with E-state index in [1.54, 1.807) is 29.8 Å². The Labute approximate surface area is 172 Å². The molecular weight excluding hydrogens is 393 g/mol. The van der Waals surface area contributed by atoms with Crippen molar-refractivity contribution in [3.05, 3.63) is 52.3 Å². The molecule has 154 valence electrons. The average Bonchev–Trinajstić information content (AvgIpc) is 3.23. The first-order valence-electron chi connectivity index (χ1n) is 9.44. The minimum Gasteiger partial charge on any atom is -0.448 e. The number of amides is 1. The number of halogens is 1. The molecule has 1 N–H and O–H groups in total. The summed E-state index contributed by atoms with van der Waals surface area (Å²) in [5, 5.41) is 8.13. The van der Waals surface area contributed by atoms with Crippen molar-refractivity contribution in [1.29, 1.82) is 0 Å².